The first-order valence-electron chi connectivity index (χ1n) is 5.06. The lowest BCUT2D eigenvalue weighted by atomic mass is 10.3. The summed E-state index contributed by atoms with van der Waals surface area (Å²) in [6.07, 6.45) is 5.07. The van der Waals surface area contributed by atoms with Crippen molar-refractivity contribution in [3.8, 4) is 5.75 Å². The molecule has 0 unspecified atom stereocenters. The molecule has 4 nitrogen and oxygen atoms in total. The Bertz CT molecular complexity index is 488. The van der Waals surface area contributed by atoms with Crippen LogP contribution in [0.3, 0.4) is 0 Å². The van der Waals surface area contributed by atoms with E-state index in [-0.39, 0.29) is 6.61 Å². The minimum atomic E-state index is -0.0597. The third-order valence-electron chi connectivity index (χ3n) is 2.13. The molecule has 0 aromatic carbocycles. The second-order valence-corrected chi connectivity index (χ2v) is 4.36. The lowest BCUT2D eigenvalue weighted by molar-refractivity contribution is 0.275. The molecule has 0 fully saturated rings. The molecular weight excluding hydrogens is 284 g/mol. The normalized spacial score (nSPS) is 10.2. The zero-order valence-electron chi connectivity index (χ0n) is 9.01. The second-order valence-electron chi connectivity index (χ2n) is 3.44. The number of aromatic nitrogens is 2. The largest absolute Gasteiger partial charge is 0.487 e. The van der Waals surface area contributed by atoms with Crippen molar-refractivity contribution in [2.24, 2.45) is 0 Å². The van der Waals surface area contributed by atoms with Crippen LogP contribution in [-0.2, 0) is 13.2 Å². The standard InChI is InChI=1S/C12H11BrN2O2/c13-10-3-9(4-14-5-10)8-17-12-2-1-11(7-16)15-6-12/h1-6,16H,7-8H2. The number of halogens is 1. The van der Waals surface area contributed by atoms with Crippen LogP contribution in [0.1, 0.15) is 11.3 Å². The molecule has 0 saturated carbocycles. The number of rotatable bonds is 4. The quantitative estimate of drug-likeness (QED) is 0.940. The average Bonchev–Trinajstić information content (AvgIpc) is 2.37. The van der Waals surface area contributed by atoms with Crippen molar-refractivity contribution in [1.82, 2.24) is 9.97 Å². The third kappa shape index (κ3) is 3.51. The first-order chi connectivity index (χ1) is 8.28. The summed E-state index contributed by atoms with van der Waals surface area (Å²) in [7, 11) is 0. The fourth-order valence-electron chi connectivity index (χ4n) is 1.29. The molecule has 0 aliphatic carbocycles. The Kier molecular flexibility index (Phi) is 4.06. The van der Waals surface area contributed by atoms with Gasteiger partial charge in [0.1, 0.15) is 12.4 Å². The minimum Gasteiger partial charge on any atom is -0.487 e. The minimum absolute atomic E-state index is 0.0597. The molecule has 5 heteroatoms. The van der Waals surface area contributed by atoms with Crippen molar-refractivity contribution in [2.45, 2.75) is 13.2 Å². The van der Waals surface area contributed by atoms with Gasteiger partial charge in [-0.3, -0.25) is 9.97 Å². The molecule has 0 saturated heterocycles. The smallest absolute Gasteiger partial charge is 0.138 e. The van der Waals surface area contributed by atoms with Crippen LogP contribution in [0.25, 0.3) is 0 Å². The molecule has 2 aromatic rings. The maximum atomic E-state index is 8.85. The number of hydrogen-bond acceptors (Lipinski definition) is 4. The Morgan fingerprint density at radius 1 is 1.24 bits per heavy atom. The first-order valence-corrected chi connectivity index (χ1v) is 5.85. The van der Waals surface area contributed by atoms with Gasteiger partial charge in [-0.25, -0.2) is 0 Å². The predicted molar refractivity (Wildman–Crippen MR) is 66.4 cm³/mol. The molecule has 0 amide bonds. The summed E-state index contributed by atoms with van der Waals surface area (Å²) < 4.78 is 6.47. The molecule has 0 spiro atoms. The van der Waals surface area contributed by atoms with Crippen molar-refractivity contribution in [3.63, 3.8) is 0 Å². The third-order valence-corrected chi connectivity index (χ3v) is 2.56. The van der Waals surface area contributed by atoms with Gasteiger partial charge in [0, 0.05) is 22.4 Å². The van der Waals surface area contributed by atoms with Gasteiger partial charge >= 0.3 is 0 Å². The molecule has 0 bridgehead atoms. The summed E-state index contributed by atoms with van der Waals surface area (Å²) in [4.78, 5) is 8.08. The molecule has 0 radical (unpaired) electrons. The topological polar surface area (TPSA) is 55.2 Å². The molecule has 88 valence electrons. The molecule has 2 aromatic heterocycles. The Morgan fingerprint density at radius 2 is 2.12 bits per heavy atom. The van der Waals surface area contributed by atoms with Crippen LogP contribution in [0.5, 0.6) is 5.75 Å². The highest BCUT2D eigenvalue weighted by atomic mass is 79.9. The van der Waals surface area contributed by atoms with Gasteiger partial charge in [-0.1, -0.05) is 0 Å². The van der Waals surface area contributed by atoms with Gasteiger partial charge in [-0.15, -0.1) is 0 Å². The van der Waals surface area contributed by atoms with Crippen molar-refractivity contribution >= 4 is 15.9 Å². The summed E-state index contributed by atoms with van der Waals surface area (Å²) in [6.45, 7) is 0.377. The Morgan fingerprint density at radius 3 is 2.76 bits per heavy atom. The number of aliphatic hydroxyl groups is 1. The maximum Gasteiger partial charge on any atom is 0.138 e. The molecule has 17 heavy (non-hydrogen) atoms. The molecule has 0 aliphatic heterocycles. The van der Waals surface area contributed by atoms with Gasteiger partial charge in [0.2, 0.25) is 0 Å². The number of ether oxygens (including phenoxy) is 1. The van der Waals surface area contributed by atoms with E-state index >= 15 is 0 Å². The highest BCUT2D eigenvalue weighted by Gasteiger charge is 1.98. The number of pyridine rings is 2. The van der Waals surface area contributed by atoms with Crippen LogP contribution in [0, 0.1) is 0 Å². The van der Waals surface area contributed by atoms with E-state index in [1.54, 1.807) is 30.7 Å². The van der Waals surface area contributed by atoms with Gasteiger partial charge in [-0.05, 0) is 34.1 Å². The van der Waals surface area contributed by atoms with E-state index in [1.165, 1.54) is 0 Å². The Hall–Kier alpha value is -1.46. The van der Waals surface area contributed by atoms with Crippen LogP contribution >= 0.6 is 15.9 Å². The molecule has 1 N–H and O–H groups in total. The van der Waals surface area contributed by atoms with Crippen molar-refractivity contribution in [1.29, 1.82) is 0 Å². The van der Waals surface area contributed by atoms with Gasteiger partial charge in [-0.2, -0.15) is 0 Å². The highest BCUT2D eigenvalue weighted by molar-refractivity contribution is 9.10. The molecule has 2 rings (SSSR count). The van der Waals surface area contributed by atoms with Gasteiger partial charge in [0.05, 0.1) is 18.5 Å². The van der Waals surface area contributed by atoms with Crippen LogP contribution < -0.4 is 4.74 Å². The fourth-order valence-corrected chi connectivity index (χ4v) is 1.70. The molecular formula is C12H11BrN2O2. The summed E-state index contributed by atoms with van der Waals surface area (Å²) in [5, 5.41) is 8.85. The van der Waals surface area contributed by atoms with E-state index in [0.29, 0.717) is 18.1 Å². The van der Waals surface area contributed by atoms with Crippen LogP contribution in [0.15, 0.2) is 41.3 Å². The molecule has 0 aliphatic rings. The average molecular weight is 295 g/mol. The summed E-state index contributed by atoms with van der Waals surface area (Å²) in [5.41, 5.74) is 1.60. The molecule has 2 heterocycles. The van der Waals surface area contributed by atoms with Crippen LogP contribution in [0.4, 0.5) is 0 Å². The number of nitrogens with zero attached hydrogens (tertiary/aromatic N) is 2. The number of aliphatic hydroxyl groups excluding tert-OH is 1. The summed E-state index contributed by atoms with van der Waals surface area (Å²) in [6, 6.07) is 5.46. The van der Waals surface area contributed by atoms with E-state index in [0.717, 1.165) is 10.0 Å². The van der Waals surface area contributed by atoms with Gasteiger partial charge in [0.25, 0.3) is 0 Å². The summed E-state index contributed by atoms with van der Waals surface area (Å²) >= 11 is 3.35. The van der Waals surface area contributed by atoms with Crippen LogP contribution in [0.2, 0.25) is 0 Å². The monoisotopic (exact) mass is 294 g/mol. The van der Waals surface area contributed by atoms with Crippen molar-refractivity contribution < 1.29 is 9.84 Å². The van der Waals surface area contributed by atoms with Crippen LogP contribution in [-0.4, -0.2) is 15.1 Å². The second kappa shape index (κ2) is 5.75. The lowest BCUT2D eigenvalue weighted by Gasteiger charge is -2.06. The van der Waals surface area contributed by atoms with Gasteiger partial charge < -0.3 is 9.84 Å². The SMILES string of the molecule is OCc1ccc(OCc2cncc(Br)c2)cn1. The zero-order valence-corrected chi connectivity index (χ0v) is 10.6. The van der Waals surface area contributed by atoms with Gasteiger partial charge in [0.15, 0.2) is 0 Å². The van der Waals surface area contributed by atoms with E-state index in [1.807, 2.05) is 6.07 Å². The Labute approximate surface area is 107 Å². The number of hydrogen-bond donors (Lipinski definition) is 1. The fraction of sp³-hybridized carbons (Fsp3) is 0.167. The summed E-state index contributed by atoms with van der Waals surface area (Å²) in [5.74, 6) is 0.669. The first kappa shape index (κ1) is 12.0. The van der Waals surface area contributed by atoms with E-state index < -0.39 is 0 Å². The van der Waals surface area contributed by atoms with E-state index in [2.05, 4.69) is 25.9 Å². The predicted octanol–water partition coefficient (Wildman–Crippen LogP) is 2.31. The highest BCUT2D eigenvalue weighted by Crippen LogP contribution is 2.14. The Balaban J connectivity index is 1.97. The van der Waals surface area contributed by atoms with Crippen molar-refractivity contribution in [2.75, 3.05) is 0 Å². The lowest BCUT2D eigenvalue weighted by Crippen LogP contribution is -1.97. The zero-order chi connectivity index (χ0) is 12.1. The van der Waals surface area contributed by atoms with E-state index in [9.17, 15) is 0 Å². The molecule has 0 atom stereocenters. The maximum absolute atomic E-state index is 8.85. The van der Waals surface area contributed by atoms with Crippen molar-refractivity contribution in [3.05, 3.63) is 52.5 Å². The van der Waals surface area contributed by atoms with E-state index in [4.69, 9.17) is 9.84 Å².